The average molecular weight is 361 g/mol. The summed E-state index contributed by atoms with van der Waals surface area (Å²) in [7, 11) is 0. The third-order valence-electron chi connectivity index (χ3n) is 4.82. The van der Waals surface area contributed by atoms with Gasteiger partial charge in [0.25, 0.3) is 0 Å². The Hall–Kier alpha value is -2.02. The molecule has 2 heterocycles. The average Bonchev–Trinajstić information content (AvgIpc) is 2.95. The number of fused-ring (bicyclic) bond motifs is 1. The lowest BCUT2D eigenvalue weighted by Crippen LogP contribution is -2.40. The molecule has 3 rings (SSSR count). The molecule has 0 aromatic carbocycles. The van der Waals surface area contributed by atoms with Gasteiger partial charge in [-0.1, -0.05) is 31.8 Å². The Bertz CT molecular complexity index is 730. The number of ketones is 1. The van der Waals surface area contributed by atoms with E-state index in [1.807, 2.05) is 0 Å². The summed E-state index contributed by atoms with van der Waals surface area (Å²) in [6.45, 7) is 8.73. The Labute approximate surface area is 151 Å². The van der Waals surface area contributed by atoms with Crippen LogP contribution in [0.15, 0.2) is 12.7 Å². The maximum absolute atomic E-state index is 12.5. The van der Waals surface area contributed by atoms with Crippen LogP contribution in [-0.2, 0) is 16.0 Å². The van der Waals surface area contributed by atoms with Crippen molar-refractivity contribution in [3.63, 3.8) is 0 Å². The lowest BCUT2D eigenvalue weighted by Gasteiger charge is -2.30. The molecule has 6 nitrogen and oxygen atoms in total. The number of anilines is 1. The Balaban J connectivity index is 1.62. The summed E-state index contributed by atoms with van der Waals surface area (Å²) < 4.78 is 0. The number of Topliss-reactive ketones (excluding diaryl/α,β-unsaturated/α-hetero) is 1. The quantitative estimate of drug-likeness (QED) is 0.840. The van der Waals surface area contributed by atoms with E-state index in [1.54, 1.807) is 4.90 Å². The number of aromatic nitrogens is 1. The van der Waals surface area contributed by atoms with Crippen LogP contribution in [0.2, 0.25) is 0 Å². The Kier molecular flexibility index (Phi) is 4.77. The SMILES string of the molecule is C=CC(=O)N1CCC(C(=O)Nc2nc3c(s2)C(=O)CC(C)(C)C3)CC1. The Morgan fingerprint density at radius 2 is 2.00 bits per heavy atom. The molecule has 134 valence electrons. The van der Waals surface area contributed by atoms with Gasteiger partial charge >= 0.3 is 0 Å². The number of rotatable bonds is 3. The summed E-state index contributed by atoms with van der Waals surface area (Å²) in [5.41, 5.74) is 0.720. The fourth-order valence-corrected chi connectivity index (χ4v) is 4.39. The number of piperidine rings is 1. The molecule has 0 atom stereocenters. The fourth-order valence-electron chi connectivity index (χ4n) is 3.47. The molecule has 25 heavy (non-hydrogen) atoms. The number of amides is 2. The molecule has 0 saturated carbocycles. The number of nitrogens with zero attached hydrogens (tertiary/aromatic N) is 2. The second kappa shape index (κ2) is 6.71. The van der Waals surface area contributed by atoms with E-state index in [-0.39, 0.29) is 28.9 Å². The maximum Gasteiger partial charge on any atom is 0.245 e. The van der Waals surface area contributed by atoms with Crippen LogP contribution in [0, 0.1) is 11.3 Å². The molecule has 1 aromatic heterocycles. The van der Waals surface area contributed by atoms with Crippen molar-refractivity contribution in [3.8, 4) is 0 Å². The monoisotopic (exact) mass is 361 g/mol. The summed E-state index contributed by atoms with van der Waals surface area (Å²) >= 11 is 1.28. The normalized spacial score (nSPS) is 20.1. The van der Waals surface area contributed by atoms with Crippen molar-refractivity contribution in [2.24, 2.45) is 11.3 Å². The van der Waals surface area contributed by atoms with Crippen molar-refractivity contribution < 1.29 is 14.4 Å². The van der Waals surface area contributed by atoms with E-state index in [9.17, 15) is 14.4 Å². The number of hydrogen-bond donors (Lipinski definition) is 1. The molecular weight excluding hydrogens is 338 g/mol. The van der Waals surface area contributed by atoms with Crippen LogP contribution in [0.25, 0.3) is 0 Å². The number of carbonyl (C=O) groups is 3. The first-order valence-electron chi connectivity index (χ1n) is 8.54. The second-order valence-corrected chi connectivity index (χ2v) is 8.53. The molecular formula is C18H23N3O3S. The van der Waals surface area contributed by atoms with Gasteiger partial charge < -0.3 is 10.2 Å². The van der Waals surface area contributed by atoms with Crippen molar-refractivity contribution >= 4 is 34.1 Å². The topological polar surface area (TPSA) is 79.4 Å². The second-order valence-electron chi connectivity index (χ2n) is 7.53. The van der Waals surface area contributed by atoms with Crippen LogP contribution in [0.3, 0.4) is 0 Å². The molecule has 2 amide bonds. The molecule has 0 bridgehead atoms. The minimum atomic E-state index is -0.137. The lowest BCUT2D eigenvalue weighted by molar-refractivity contribution is -0.130. The summed E-state index contributed by atoms with van der Waals surface area (Å²) in [4.78, 5) is 43.2. The first-order valence-corrected chi connectivity index (χ1v) is 9.36. The van der Waals surface area contributed by atoms with Gasteiger partial charge in [0.15, 0.2) is 10.9 Å². The number of carbonyl (C=O) groups excluding carboxylic acids is 3. The van der Waals surface area contributed by atoms with E-state index in [0.717, 1.165) is 12.1 Å². The Morgan fingerprint density at radius 3 is 2.64 bits per heavy atom. The first kappa shape index (κ1) is 17.8. The number of thiazole rings is 1. The van der Waals surface area contributed by atoms with Crippen molar-refractivity contribution in [3.05, 3.63) is 23.2 Å². The highest BCUT2D eigenvalue weighted by Gasteiger charge is 2.34. The molecule has 1 N–H and O–H groups in total. The highest BCUT2D eigenvalue weighted by molar-refractivity contribution is 7.17. The van der Waals surface area contributed by atoms with Gasteiger partial charge in [-0.3, -0.25) is 14.4 Å². The van der Waals surface area contributed by atoms with E-state index in [0.29, 0.717) is 42.4 Å². The minimum Gasteiger partial charge on any atom is -0.339 e. The van der Waals surface area contributed by atoms with Crippen LogP contribution >= 0.6 is 11.3 Å². The maximum atomic E-state index is 12.5. The van der Waals surface area contributed by atoms with Gasteiger partial charge in [0.2, 0.25) is 11.8 Å². The van der Waals surface area contributed by atoms with Crippen molar-refractivity contribution in [2.45, 2.75) is 39.5 Å². The zero-order valence-corrected chi connectivity index (χ0v) is 15.4. The molecule has 0 spiro atoms. The van der Waals surface area contributed by atoms with Crippen LogP contribution in [0.4, 0.5) is 5.13 Å². The predicted octanol–water partition coefficient (Wildman–Crippen LogP) is 2.66. The van der Waals surface area contributed by atoms with Gasteiger partial charge in [0.1, 0.15) is 0 Å². The van der Waals surface area contributed by atoms with Gasteiger partial charge in [-0.15, -0.1) is 0 Å². The fraction of sp³-hybridized carbons (Fsp3) is 0.556. The summed E-state index contributed by atoms with van der Waals surface area (Å²) in [5.74, 6) is -0.196. The Morgan fingerprint density at radius 1 is 1.32 bits per heavy atom. The van der Waals surface area contributed by atoms with Crippen LogP contribution in [0.1, 0.15) is 48.5 Å². The molecule has 1 aliphatic heterocycles. The number of nitrogens with one attached hydrogen (secondary N) is 1. The molecule has 7 heteroatoms. The summed E-state index contributed by atoms with van der Waals surface area (Å²) in [6, 6.07) is 0. The smallest absolute Gasteiger partial charge is 0.245 e. The molecule has 1 aromatic rings. The molecule has 0 radical (unpaired) electrons. The third-order valence-corrected chi connectivity index (χ3v) is 5.87. The van der Waals surface area contributed by atoms with Gasteiger partial charge in [0, 0.05) is 25.4 Å². The van der Waals surface area contributed by atoms with E-state index < -0.39 is 0 Å². The summed E-state index contributed by atoms with van der Waals surface area (Å²) in [5, 5.41) is 3.37. The number of hydrogen-bond acceptors (Lipinski definition) is 5. The molecule has 0 unspecified atom stereocenters. The first-order chi connectivity index (χ1) is 11.8. The van der Waals surface area contributed by atoms with Gasteiger partial charge in [-0.05, 0) is 30.8 Å². The van der Waals surface area contributed by atoms with E-state index in [1.165, 1.54) is 17.4 Å². The zero-order chi connectivity index (χ0) is 18.2. The van der Waals surface area contributed by atoms with Crippen LogP contribution < -0.4 is 5.32 Å². The molecule has 1 fully saturated rings. The van der Waals surface area contributed by atoms with Crippen molar-refractivity contribution in [2.75, 3.05) is 18.4 Å². The van der Waals surface area contributed by atoms with Gasteiger partial charge in [0.05, 0.1) is 10.6 Å². The van der Waals surface area contributed by atoms with E-state index >= 15 is 0 Å². The minimum absolute atomic E-state index is 0.0794. The zero-order valence-electron chi connectivity index (χ0n) is 14.6. The molecule has 2 aliphatic rings. The standard InChI is InChI=1S/C18H23N3O3S/c1-4-14(23)21-7-5-11(6-8-21)16(24)20-17-19-12-9-18(2,3)10-13(22)15(12)25-17/h4,11H,1,5-10H2,2-3H3,(H,19,20,24). The molecule has 1 aliphatic carbocycles. The van der Waals surface area contributed by atoms with E-state index in [2.05, 4.69) is 30.7 Å². The highest BCUT2D eigenvalue weighted by Crippen LogP contribution is 2.38. The van der Waals surface area contributed by atoms with Gasteiger partial charge in [-0.25, -0.2) is 4.98 Å². The van der Waals surface area contributed by atoms with Crippen molar-refractivity contribution in [1.82, 2.24) is 9.88 Å². The largest absolute Gasteiger partial charge is 0.339 e. The lowest BCUT2D eigenvalue weighted by atomic mass is 9.78. The predicted molar refractivity (Wildman–Crippen MR) is 96.7 cm³/mol. The number of likely N-dealkylation sites (tertiary alicyclic amines) is 1. The van der Waals surface area contributed by atoms with Crippen molar-refractivity contribution in [1.29, 1.82) is 0 Å². The van der Waals surface area contributed by atoms with E-state index in [4.69, 9.17) is 0 Å². The highest BCUT2D eigenvalue weighted by atomic mass is 32.1. The van der Waals surface area contributed by atoms with Gasteiger partial charge in [-0.2, -0.15) is 0 Å². The summed E-state index contributed by atoms with van der Waals surface area (Å²) in [6.07, 6.45) is 3.83. The van der Waals surface area contributed by atoms with Crippen LogP contribution in [-0.4, -0.2) is 40.6 Å². The van der Waals surface area contributed by atoms with Crippen LogP contribution in [0.5, 0.6) is 0 Å². The third kappa shape index (κ3) is 3.81. The molecule has 1 saturated heterocycles.